The van der Waals surface area contributed by atoms with Gasteiger partial charge in [0.2, 0.25) is 6.20 Å². The number of aromatic nitrogens is 1. The Morgan fingerprint density at radius 2 is 1.40 bits per heavy atom. The van der Waals surface area contributed by atoms with Crippen molar-refractivity contribution >= 4 is 33.5 Å². The third-order valence-electron chi connectivity index (χ3n) is 9.04. The molecule has 0 N–H and O–H groups in total. The summed E-state index contributed by atoms with van der Waals surface area (Å²) in [6.45, 7) is 0. The maximum Gasteiger partial charge on any atom is 0.493 e. The van der Waals surface area contributed by atoms with Crippen LogP contribution in [0.2, 0.25) is 0 Å². The molecule has 1 aliphatic heterocycles. The molecule has 4 heteroatoms. The van der Waals surface area contributed by atoms with Crippen molar-refractivity contribution in [1.29, 1.82) is 0 Å². The van der Waals surface area contributed by atoms with Crippen LogP contribution in [0.15, 0.2) is 140 Å². The van der Waals surface area contributed by atoms with Crippen molar-refractivity contribution in [3.63, 3.8) is 0 Å². The summed E-state index contributed by atoms with van der Waals surface area (Å²) in [4.78, 5) is 0. The van der Waals surface area contributed by atoms with E-state index in [1.807, 2.05) is 40.7 Å². The summed E-state index contributed by atoms with van der Waals surface area (Å²) >= 11 is 0. The van der Waals surface area contributed by atoms with E-state index in [9.17, 15) is 0 Å². The van der Waals surface area contributed by atoms with Crippen LogP contribution in [0.1, 0.15) is 22.3 Å². The zero-order chi connectivity index (χ0) is 29.3. The largest absolute Gasteiger partial charge is 0.493 e. The number of para-hydroxylation sites is 2. The molecule has 216 valence electrons. The Morgan fingerprint density at radius 1 is 0.667 bits per heavy atom. The topological polar surface area (TPSA) is 10.9 Å². The van der Waals surface area contributed by atoms with Gasteiger partial charge in [-0.2, -0.15) is 54.6 Å². The fourth-order valence-electron chi connectivity index (χ4n) is 7.22. The number of fused-ring (bicyclic) bond motifs is 6. The van der Waals surface area contributed by atoms with Gasteiger partial charge in [-0.05, 0) is 33.7 Å². The van der Waals surface area contributed by atoms with Crippen LogP contribution in [0.5, 0.6) is 0 Å². The van der Waals surface area contributed by atoms with E-state index in [0.29, 0.717) is 0 Å². The summed E-state index contributed by atoms with van der Waals surface area (Å²) in [6, 6.07) is 59.9. The molecule has 2 aliphatic rings. The van der Waals surface area contributed by atoms with Crippen molar-refractivity contribution in [3.05, 3.63) is 180 Å². The van der Waals surface area contributed by atoms with Gasteiger partial charge >= 0.3 is 6.01 Å². The number of hydrogen-bond acceptors (Lipinski definition) is 0. The maximum absolute atomic E-state index is 3.84. The first-order valence-electron chi connectivity index (χ1n) is 14.8. The number of hydrogen-bond donors (Lipinski definition) is 0. The van der Waals surface area contributed by atoms with E-state index in [4.69, 9.17) is 0 Å². The molecule has 3 nitrogen and oxygen atoms in total. The summed E-state index contributed by atoms with van der Waals surface area (Å²) in [5.41, 5.74) is 10.8. The molecule has 9 rings (SSSR count). The summed E-state index contributed by atoms with van der Waals surface area (Å²) in [6.07, 6.45) is 4.02. The van der Waals surface area contributed by atoms with Crippen LogP contribution < -0.4 is 0 Å². The molecule has 1 aromatic heterocycles. The molecule has 0 unspecified atom stereocenters. The second kappa shape index (κ2) is 10.5. The first-order valence-corrected chi connectivity index (χ1v) is 14.8. The van der Waals surface area contributed by atoms with Crippen molar-refractivity contribution in [2.75, 3.05) is 7.05 Å². The third kappa shape index (κ3) is 3.95. The molecular weight excluding hydrogens is 730 g/mol. The fraction of sp³-hybridized carbons (Fsp3) is 0.0488. The molecule has 6 aromatic carbocycles. The van der Waals surface area contributed by atoms with Crippen LogP contribution in [0.4, 0.5) is 5.69 Å². The summed E-state index contributed by atoms with van der Waals surface area (Å²) < 4.78 is 6.22. The quantitative estimate of drug-likeness (QED) is 0.126. The van der Waals surface area contributed by atoms with Crippen LogP contribution in [-0.2, 0) is 26.5 Å². The molecule has 1 aliphatic carbocycles. The monoisotopic (exact) mass is 755 g/mol. The second-order valence-electron chi connectivity index (χ2n) is 11.4. The zero-order valence-electron chi connectivity index (χ0n) is 24.4. The van der Waals surface area contributed by atoms with E-state index in [1.165, 1.54) is 33.0 Å². The maximum atomic E-state index is 3.84. The fourth-order valence-corrected chi connectivity index (χ4v) is 7.22. The van der Waals surface area contributed by atoms with Gasteiger partial charge in [-0.3, -0.25) is 0 Å². The smallest absolute Gasteiger partial charge is 0.387 e. The Labute approximate surface area is 276 Å². The van der Waals surface area contributed by atoms with E-state index < -0.39 is 5.41 Å². The number of nitrogens with zero attached hydrogens (tertiary/aromatic N) is 3. The van der Waals surface area contributed by atoms with Crippen LogP contribution in [-0.4, -0.2) is 26.8 Å². The molecule has 2 heterocycles. The number of rotatable bonds is 4. The summed E-state index contributed by atoms with van der Waals surface area (Å²) in [5.74, 6) is 0. The first kappa shape index (κ1) is 27.5. The normalized spacial score (nSPS) is 14.2. The van der Waals surface area contributed by atoms with Gasteiger partial charge in [0.15, 0.2) is 7.05 Å². The summed E-state index contributed by atoms with van der Waals surface area (Å²) in [7, 11) is 1.99. The Hall–Kier alpha value is -5.07. The Morgan fingerprint density at radius 3 is 2.13 bits per heavy atom. The van der Waals surface area contributed by atoms with E-state index in [0.717, 1.165) is 33.5 Å². The van der Waals surface area contributed by atoms with Gasteiger partial charge in [0, 0.05) is 32.0 Å². The molecule has 0 bridgehead atoms. The van der Waals surface area contributed by atoms with Crippen LogP contribution in [0, 0.1) is 18.2 Å². The predicted octanol–water partition coefficient (Wildman–Crippen LogP) is 8.49. The van der Waals surface area contributed by atoms with Gasteiger partial charge in [-0.25, -0.2) is 0 Å². The van der Waals surface area contributed by atoms with Gasteiger partial charge in [-0.1, -0.05) is 93.2 Å². The minimum atomic E-state index is -0.616. The van der Waals surface area contributed by atoms with E-state index in [-0.39, 0.29) is 21.1 Å². The molecule has 7 aromatic rings. The van der Waals surface area contributed by atoms with Crippen LogP contribution in [0.25, 0.3) is 38.6 Å². The predicted molar refractivity (Wildman–Crippen MR) is 175 cm³/mol. The second-order valence-corrected chi connectivity index (χ2v) is 11.4. The average molecular weight is 756 g/mol. The standard InChI is InChI=1S/C41H26N3.Pt/c1-42-24-25-43(28-42)32-15-11-12-29(26-32)41(37-19-8-5-16-33(37)34-17-6-9-20-38(34)41)30-22-23-40-36(27-30)35-18-7-10-21-39(35)44(40)31-13-3-2-4-14-31;/h2-13,15-21,23-25,27H,1H3;/q-1;. The molecule has 0 saturated heterocycles. The van der Waals surface area contributed by atoms with Crippen molar-refractivity contribution in [2.45, 2.75) is 5.41 Å². The molecule has 45 heavy (non-hydrogen) atoms. The molecule has 0 saturated carbocycles. The molecule has 0 amide bonds. The van der Waals surface area contributed by atoms with Gasteiger partial charge < -0.3 is 4.57 Å². The van der Waals surface area contributed by atoms with Crippen molar-refractivity contribution in [2.24, 2.45) is 0 Å². The molecule has 0 radical (unpaired) electrons. The molecule has 0 atom stereocenters. The Balaban J connectivity index is 0.00000300. The van der Waals surface area contributed by atoms with Gasteiger partial charge in [-0.15, -0.1) is 28.6 Å². The van der Waals surface area contributed by atoms with E-state index in [1.54, 1.807) is 0 Å². The third-order valence-corrected chi connectivity index (χ3v) is 9.04. The van der Waals surface area contributed by atoms with E-state index in [2.05, 4.69) is 144 Å². The average Bonchev–Trinajstić information content (AvgIpc) is 3.76. The SMILES string of the molecule is C[N+]1=C=[N+](c2[c-]c(C3(c4[c-]cc5c(c4)c4ccccc4n5-c4[c-]cccc4)c4ccccc4-c4ccccc43)ccc2)C=C1.[Pt]. The first-order chi connectivity index (χ1) is 21.7. The molecule has 0 spiro atoms. The molecular formula is C41H26N3Pt-. The minimum Gasteiger partial charge on any atom is -0.387 e. The summed E-state index contributed by atoms with van der Waals surface area (Å²) in [5, 5.41) is 2.40. The Kier molecular flexibility index (Phi) is 6.43. The van der Waals surface area contributed by atoms with Crippen LogP contribution in [0.3, 0.4) is 0 Å². The van der Waals surface area contributed by atoms with E-state index >= 15 is 0 Å². The zero-order valence-corrected chi connectivity index (χ0v) is 26.7. The van der Waals surface area contributed by atoms with Crippen molar-refractivity contribution < 1.29 is 30.2 Å². The molecule has 0 fully saturated rings. The van der Waals surface area contributed by atoms with Gasteiger partial charge in [0.05, 0.1) is 0 Å². The minimum absolute atomic E-state index is 0. The van der Waals surface area contributed by atoms with Gasteiger partial charge in [0.25, 0.3) is 6.20 Å². The van der Waals surface area contributed by atoms with Crippen LogP contribution >= 0.6 is 0 Å². The van der Waals surface area contributed by atoms with Crippen molar-refractivity contribution in [3.8, 4) is 16.8 Å². The van der Waals surface area contributed by atoms with Gasteiger partial charge in [0.1, 0.15) is 5.69 Å². The number of benzene rings is 6. The Bertz CT molecular complexity index is 2340. The van der Waals surface area contributed by atoms with Crippen molar-refractivity contribution in [1.82, 2.24) is 4.57 Å².